The zero-order chi connectivity index (χ0) is 15.7. The number of nitro benzene ring substituents is 1. The maximum atomic E-state index is 13.7. The predicted octanol–water partition coefficient (Wildman–Crippen LogP) is 2.65. The molecule has 1 unspecified atom stereocenters. The molecule has 7 heteroatoms. The monoisotopic (exact) mass is 295 g/mol. The number of carbonyl (C=O) groups is 1. The number of rotatable bonds is 5. The highest BCUT2D eigenvalue weighted by atomic mass is 19.1. The maximum Gasteiger partial charge on any atom is 0.285 e. The first-order chi connectivity index (χ1) is 9.86. The average molecular weight is 295 g/mol. The van der Waals surface area contributed by atoms with Gasteiger partial charge in [-0.25, -0.2) is 4.39 Å². The van der Waals surface area contributed by atoms with E-state index in [4.69, 9.17) is 0 Å². The summed E-state index contributed by atoms with van der Waals surface area (Å²) in [6, 6.07) is 2.00. The average Bonchev–Trinajstić information content (AvgIpc) is 3.29. The molecule has 1 aromatic rings. The van der Waals surface area contributed by atoms with E-state index in [1.54, 1.807) is 7.05 Å². The van der Waals surface area contributed by atoms with Crippen LogP contribution in [0.1, 0.15) is 30.1 Å². The summed E-state index contributed by atoms with van der Waals surface area (Å²) < 4.78 is 13.7. The third kappa shape index (κ3) is 2.96. The third-order valence-corrected chi connectivity index (χ3v) is 4.02. The number of halogens is 1. The number of amides is 1. The summed E-state index contributed by atoms with van der Waals surface area (Å²) in [7, 11) is 3.12. The van der Waals surface area contributed by atoms with Gasteiger partial charge in [-0.3, -0.25) is 14.9 Å². The smallest absolute Gasteiger partial charge is 0.285 e. The van der Waals surface area contributed by atoms with Gasteiger partial charge in [-0.2, -0.15) is 0 Å². The molecule has 21 heavy (non-hydrogen) atoms. The Kier molecular flexibility index (Phi) is 4.11. The van der Waals surface area contributed by atoms with Crippen molar-refractivity contribution in [2.24, 2.45) is 5.92 Å². The van der Waals surface area contributed by atoms with Gasteiger partial charge in [0.15, 0.2) is 5.82 Å². The number of benzene rings is 1. The van der Waals surface area contributed by atoms with Crippen LogP contribution in [0, 0.1) is 21.8 Å². The first-order valence-corrected chi connectivity index (χ1v) is 6.79. The Labute approximate surface area is 122 Å². The van der Waals surface area contributed by atoms with E-state index in [1.165, 1.54) is 18.0 Å². The van der Waals surface area contributed by atoms with Crippen molar-refractivity contribution in [2.75, 3.05) is 19.4 Å². The van der Waals surface area contributed by atoms with Gasteiger partial charge in [0, 0.05) is 20.1 Å². The molecule has 0 spiro atoms. The molecule has 2 rings (SSSR count). The Balaban J connectivity index is 2.40. The molecule has 114 valence electrons. The standard InChI is InChI=1S/C14H18FN3O3/c1-8(9-4-5-9)17(3)14(19)10-6-12(16-2)11(15)7-13(10)18(20)21/h6-9,16H,4-5H2,1-3H3. The number of anilines is 1. The lowest BCUT2D eigenvalue weighted by Crippen LogP contribution is -2.36. The molecular weight excluding hydrogens is 277 g/mol. The number of hydrogen-bond donors (Lipinski definition) is 1. The highest BCUT2D eigenvalue weighted by molar-refractivity contribution is 5.99. The quantitative estimate of drug-likeness (QED) is 0.669. The van der Waals surface area contributed by atoms with Crippen molar-refractivity contribution in [3.8, 4) is 0 Å². The van der Waals surface area contributed by atoms with Gasteiger partial charge in [0.1, 0.15) is 5.56 Å². The van der Waals surface area contributed by atoms with Gasteiger partial charge in [-0.1, -0.05) is 0 Å². The van der Waals surface area contributed by atoms with Crippen LogP contribution in [-0.2, 0) is 0 Å². The van der Waals surface area contributed by atoms with Gasteiger partial charge < -0.3 is 10.2 Å². The van der Waals surface area contributed by atoms with Crippen molar-refractivity contribution in [1.29, 1.82) is 0 Å². The molecular formula is C14H18FN3O3. The molecule has 1 aliphatic rings. The molecule has 6 nitrogen and oxygen atoms in total. The van der Waals surface area contributed by atoms with Gasteiger partial charge in [0.05, 0.1) is 16.7 Å². The van der Waals surface area contributed by atoms with E-state index in [0.29, 0.717) is 5.92 Å². The fraction of sp³-hybridized carbons (Fsp3) is 0.500. The molecule has 1 atom stereocenters. The Morgan fingerprint density at radius 1 is 1.52 bits per heavy atom. The summed E-state index contributed by atoms with van der Waals surface area (Å²) in [5.74, 6) is -0.765. The molecule has 1 N–H and O–H groups in total. The third-order valence-electron chi connectivity index (χ3n) is 4.02. The number of carbonyl (C=O) groups excluding carboxylic acids is 1. The fourth-order valence-electron chi connectivity index (χ4n) is 2.35. The second kappa shape index (κ2) is 5.67. The predicted molar refractivity (Wildman–Crippen MR) is 76.9 cm³/mol. The minimum Gasteiger partial charge on any atom is -0.386 e. The molecule has 1 saturated carbocycles. The number of nitrogens with zero attached hydrogens (tertiary/aromatic N) is 2. The van der Waals surface area contributed by atoms with Gasteiger partial charge in [-0.15, -0.1) is 0 Å². The van der Waals surface area contributed by atoms with Crippen LogP contribution in [-0.4, -0.2) is 35.9 Å². The van der Waals surface area contributed by atoms with Gasteiger partial charge >= 0.3 is 0 Å². The molecule has 0 radical (unpaired) electrons. The van der Waals surface area contributed by atoms with E-state index < -0.39 is 22.3 Å². The normalized spacial score (nSPS) is 15.4. The SMILES string of the molecule is CNc1cc(C(=O)N(C)C(C)C2CC2)c([N+](=O)[O-])cc1F. The van der Waals surface area contributed by atoms with Crippen LogP contribution in [0.2, 0.25) is 0 Å². The number of hydrogen-bond acceptors (Lipinski definition) is 4. The highest BCUT2D eigenvalue weighted by Gasteiger charge is 2.35. The maximum absolute atomic E-state index is 13.7. The summed E-state index contributed by atoms with van der Waals surface area (Å²) in [5, 5.41) is 13.7. The van der Waals surface area contributed by atoms with E-state index >= 15 is 0 Å². The van der Waals surface area contributed by atoms with Crippen LogP contribution in [0.5, 0.6) is 0 Å². The lowest BCUT2D eigenvalue weighted by atomic mass is 10.1. The first kappa shape index (κ1) is 15.2. The summed E-state index contributed by atoms with van der Waals surface area (Å²) in [6.45, 7) is 1.92. The topological polar surface area (TPSA) is 75.5 Å². The summed E-state index contributed by atoms with van der Waals surface area (Å²) in [5.41, 5.74) is -0.538. The van der Waals surface area contributed by atoms with Crippen molar-refractivity contribution >= 4 is 17.3 Å². The zero-order valence-corrected chi connectivity index (χ0v) is 12.2. The second-order valence-electron chi connectivity index (χ2n) is 5.35. The van der Waals surface area contributed by atoms with Crippen LogP contribution in [0.3, 0.4) is 0 Å². The molecule has 0 bridgehead atoms. The van der Waals surface area contributed by atoms with Crippen LogP contribution >= 0.6 is 0 Å². The lowest BCUT2D eigenvalue weighted by molar-refractivity contribution is -0.385. The zero-order valence-electron chi connectivity index (χ0n) is 12.2. The minimum atomic E-state index is -0.751. The number of nitrogens with one attached hydrogen (secondary N) is 1. The van der Waals surface area contributed by atoms with Crippen molar-refractivity contribution < 1.29 is 14.1 Å². The first-order valence-electron chi connectivity index (χ1n) is 6.79. The number of nitro groups is 1. The van der Waals surface area contributed by atoms with E-state index in [2.05, 4.69) is 5.32 Å². The molecule has 1 amide bonds. The van der Waals surface area contributed by atoms with Crippen LogP contribution in [0.4, 0.5) is 15.8 Å². The van der Waals surface area contributed by atoms with Crippen molar-refractivity contribution in [3.05, 3.63) is 33.6 Å². The van der Waals surface area contributed by atoms with Crippen molar-refractivity contribution in [2.45, 2.75) is 25.8 Å². The largest absolute Gasteiger partial charge is 0.386 e. The summed E-state index contributed by atoms with van der Waals surface area (Å²) >= 11 is 0. The van der Waals surface area contributed by atoms with Crippen molar-refractivity contribution in [1.82, 2.24) is 4.90 Å². The van der Waals surface area contributed by atoms with Crippen LogP contribution < -0.4 is 5.32 Å². The Hall–Kier alpha value is -2.18. The van der Waals surface area contributed by atoms with Crippen LogP contribution in [0.25, 0.3) is 0 Å². The minimum absolute atomic E-state index is 0.0141. The lowest BCUT2D eigenvalue weighted by Gasteiger charge is -2.25. The Morgan fingerprint density at radius 3 is 2.62 bits per heavy atom. The van der Waals surface area contributed by atoms with Gasteiger partial charge in [0.25, 0.3) is 11.6 Å². The van der Waals surface area contributed by atoms with E-state index in [-0.39, 0.29) is 17.3 Å². The summed E-state index contributed by atoms with van der Waals surface area (Å²) in [4.78, 5) is 24.3. The molecule has 0 saturated heterocycles. The van der Waals surface area contributed by atoms with E-state index in [1.807, 2.05) is 6.92 Å². The highest BCUT2D eigenvalue weighted by Crippen LogP contribution is 2.36. The Morgan fingerprint density at radius 2 is 2.14 bits per heavy atom. The summed E-state index contributed by atoms with van der Waals surface area (Å²) in [6.07, 6.45) is 2.12. The molecule has 0 aliphatic heterocycles. The molecule has 1 aromatic carbocycles. The molecule has 0 heterocycles. The second-order valence-corrected chi connectivity index (χ2v) is 5.35. The molecule has 0 aromatic heterocycles. The van der Waals surface area contributed by atoms with Crippen molar-refractivity contribution in [3.63, 3.8) is 0 Å². The van der Waals surface area contributed by atoms with Gasteiger partial charge in [0.2, 0.25) is 0 Å². The fourth-order valence-corrected chi connectivity index (χ4v) is 2.35. The van der Waals surface area contributed by atoms with E-state index in [0.717, 1.165) is 18.9 Å². The van der Waals surface area contributed by atoms with Gasteiger partial charge in [-0.05, 0) is 31.7 Å². The van der Waals surface area contributed by atoms with Crippen LogP contribution in [0.15, 0.2) is 12.1 Å². The van der Waals surface area contributed by atoms with E-state index in [9.17, 15) is 19.3 Å². The molecule has 1 aliphatic carbocycles. The Bertz CT molecular complexity index is 587. The molecule has 1 fully saturated rings.